The van der Waals surface area contributed by atoms with Crippen molar-refractivity contribution in [2.45, 2.75) is 44.1 Å². The van der Waals surface area contributed by atoms with E-state index in [1.54, 1.807) is 0 Å². The first-order chi connectivity index (χ1) is 8.01. The summed E-state index contributed by atoms with van der Waals surface area (Å²) in [5.41, 5.74) is 0.337. The lowest BCUT2D eigenvalue weighted by Crippen LogP contribution is -2.30. The first kappa shape index (κ1) is 15.3. The van der Waals surface area contributed by atoms with E-state index in [-0.39, 0.29) is 6.10 Å². The van der Waals surface area contributed by atoms with Gasteiger partial charge in [-0.1, -0.05) is 6.08 Å². The summed E-state index contributed by atoms with van der Waals surface area (Å²) in [6.45, 7) is 3.84. The molecule has 0 spiro atoms. The van der Waals surface area contributed by atoms with Crippen molar-refractivity contribution in [3.05, 3.63) is 12.7 Å². The van der Waals surface area contributed by atoms with Gasteiger partial charge in [0.2, 0.25) is 0 Å². The Labute approximate surface area is 100 Å². The van der Waals surface area contributed by atoms with Gasteiger partial charge in [0.05, 0.1) is 6.10 Å². The highest BCUT2D eigenvalue weighted by molar-refractivity contribution is 5.08. The molecule has 1 N–H and O–H groups in total. The normalized spacial score (nSPS) is 35.1. The van der Waals surface area contributed by atoms with Crippen molar-refractivity contribution < 1.29 is 31.4 Å². The topological polar surface area (TPSA) is 20.2 Å². The molecule has 7 heteroatoms. The fraction of sp³-hybridized carbons (Fsp3) is 0.818. The van der Waals surface area contributed by atoms with Crippen molar-refractivity contribution in [1.82, 2.24) is 0 Å². The van der Waals surface area contributed by atoms with Crippen LogP contribution in [0.3, 0.4) is 0 Å². The van der Waals surface area contributed by atoms with E-state index in [1.165, 1.54) is 19.3 Å². The van der Waals surface area contributed by atoms with E-state index in [9.17, 15) is 31.4 Å². The number of hydrogen-bond acceptors (Lipinski definition) is 1. The van der Waals surface area contributed by atoms with Crippen LogP contribution in [0, 0.1) is 11.3 Å². The van der Waals surface area contributed by atoms with Crippen LogP contribution in [0.2, 0.25) is 0 Å². The minimum absolute atomic E-state index is 0.0215. The third kappa shape index (κ3) is 3.18. The van der Waals surface area contributed by atoms with Gasteiger partial charge in [0.15, 0.2) is 0 Å². The average Bonchev–Trinajstić information content (AvgIpc) is 2.73. The van der Waals surface area contributed by atoms with E-state index in [0.717, 1.165) is 6.42 Å². The van der Waals surface area contributed by atoms with Crippen LogP contribution in [0.5, 0.6) is 0 Å². The third-order valence-electron chi connectivity index (χ3n) is 3.60. The second-order valence-electron chi connectivity index (χ2n) is 4.84. The van der Waals surface area contributed by atoms with Gasteiger partial charge in [0, 0.05) is 0 Å². The molecule has 3 unspecified atom stereocenters. The Hall–Kier alpha value is -0.720. The molecule has 0 heterocycles. The van der Waals surface area contributed by atoms with Crippen LogP contribution in [0.25, 0.3) is 0 Å². The molecule has 18 heavy (non-hydrogen) atoms. The van der Waals surface area contributed by atoms with Gasteiger partial charge in [-0.2, -0.15) is 26.3 Å². The molecular weight excluding hydrogens is 262 g/mol. The zero-order valence-corrected chi connectivity index (χ0v) is 9.48. The minimum Gasteiger partial charge on any atom is -0.393 e. The van der Waals surface area contributed by atoms with Gasteiger partial charge in [-0.25, -0.2) is 0 Å². The smallest absolute Gasteiger partial charge is 0.393 e. The molecule has 0 aromatic carbocycles. The Bertz CT molecular complexity index is 292. The summed E-state index contributed by atoms with van der Waals surface area (Å²) in [5.74, 6) is 0.595. The van der Waals surface area contributed by atoms with Crippen molar-refractivity contribution >= 4 is 0 Å². The summed E-state index contributed by atoms with van der Waals surface area (Å²) in [4.78, 5) is 0. The Morgan fingerprint density at radius 1 is 1.06 bits per heavy atom. The van der Waals surface area contributed by atoms with E-state index >= 15 is 0 Å². The summed E-state index contributed by atoms with van der Waals surface area (Å²) in [5, 5.41) is 9.47. The van der Waals surface area contributed by atoms with Crippen molar-refractivity contribution in [3.8, 4) is 0 Å². The Balaban J connectivity index is 0.000000187. The molecule has 2 saturated carbocycles. The van der Waals surface area contributed by atoms with Crippen LogP contribution in [0.1, 0.15) is 25.7 Å². The maximum atomic E-state index is 10.4. The molecule has 0 saturated heterocycles. The second kappa shape index (κ2) is 4.75. The van der Waals surface area contributed by atoms with Crippen LogP contribution < -0.4 is 0 Å². The van der Waals surface area contributed by atoms with Gasteiger partial charge in [-0.15, -0.1) is 6.58 Å². The van der Waals surface area contributed by atoms with Gasteiger partial charge >= 0.3 is 12.4 Å². The Morgan fingerprint density at radius 3 is 1.72 bits per heavy atom. The number of aliphatic hydroxyl groups is 1. The second-order valence-corrected chi connectivity index (χ2v) is 4.84. The predicted octanol–water partition coefficient (Wildman–Crippen LogP) is 3.83. The number of alkyl halides is 6. The maximum absolute atomic E-state index is 10.4. The third-order valence-corrected chi connectivity index (χ3v) is 3.60. The first-order valence-corrected chi connectivity index (χ1v) is 5.46. The Morgan fingerprint density at radius 2 is 1.56 bits per heavy atom. The van der Waals surface area contributed by atoms with Gasteiger partial charge in [0.25, 0.3) is 0 Å². The molecule has 0 aromatic rings. The lowest BCUT2D eigenvalue weighted by molar-refractivity contribution is -0.339. The molecule has 0 radical (unpaired) electrons. The number of rotatable bonds is 1. The molecule has 2 fully saturated rings. The first-order valence-electron chi connectivity index (χ1n) is 5.46. The summed E-state index contributed by atoms with van der Waals surface area (Å²) >= 11 is 0. The highest BCUT2D eigenvalue weighted by atomic mass is 19.5. The number of allylic oxidation sites excluding steroid dienone is 1. The largest absolute Gasteiger partial charge is 0.487 e. The molecule has 0 amide bonds. The van der Waals surface area contributed by atoms with Crippen LogP contribution >= 0.6 is 0 Å². The zero-order valence-electron chi connectivity index (χ0n) is 9.48. The Kier molecular flexibility index (Phi) is 4.05. The zero-order chi connectivity index (χ0) is 14.2. The highest BCUT2D eigenvalue weighted by Crippen LogP contribution is 2.54. The minimum atomic E-state index is -6.06. The van der Waals surface area contributed by atoms with Gasteiger partial charge < -0.3 is 5.11 Å². The van der Waals surface area contributed by atoms with E-state index in [0.29, 0.717) is 11.3 Å². The van der Waals surface area contributed by atoms with E-state index < -0.39 is 12.4 Å². The SMILES string of the molecule is C=CC12CCC(C1)C(O)C2.FC(F)(F)C(F)(F)F. The molecule has 3 atom stereocenters. The fourth-order valence-electron chi connectivity index (χ4n) is 2.56. The number of hydrogen-bond donors (Lipinski definition) is 1. The molecular formula is C11H14F6O. The molecule has 2 aliphatic carbocycles. The summed E-state index contributed by atoms with van der Waals surface area (Å²) in [7, 11) is 0. The van der Waals surface area contributed by atoms with E-state index in [1.807, 2.05) is 0 Å². The number of halogens is 6. The van der Waals surface area contributed by atoms with Crippen LogP contribution in [0.15, 0.2) is 12.7 Å². The monoisotopic (exact) mass is 276 g/mol. The van der Waals surface area contributed by atoms with Crippen molar-refractivity contribution in [1.29, 1.82) is 0 Å². The fourth-order valence-corrected chi connectivity index (χ4v) is 2.56. The lowest BCUT2D eigenvalue weighted by Gasteiger charge is -2.23. The van der Waals surface area contributed by atoms with Crippen LogP contribution in [-0.2, 0) is 0 Å². The van der Waals surface area contributed by atoms with Gasteiger partial charge in [-0.3, -0.25) is 0 Å². The van der Waals surface area contributed by atoms with Gasteiger partial charge in [-0.05, 0) is 37.0 Å². The average molecular weight is 276 g/mol. The van der Waals surface area contributed by atoms with Crippen LogP contribution in [-0.4, -0.2) is 23.6 Å². The molecule has 2 aliphatic rings. The van der Waals surface area contributed by atoms with Crippen molar-refractivity contribution in [2.24, 2.45) is 11.3 Å². The summed E-state index contributed by atoms with van der Waals surface area (Å²) in [6, 6.07) is 0. The number of fused-ring (bicyclic) bond motifs is 2. The molecule has 1 nitrogen and oxygen atoms in total. The molecule has 106 valence electrons. The maximum Gasteiger partial charge on any atom is 0.487 e. The molecule has 0 aliphatic heterocycles. The molecule has 0 aromatic heterocycles. The quantitative estimate of drug-likeness (QED) is 0.570. The standard InChI is InChI=1S/C9H14O.C2F6/c1-2-9-4-3-7(5-9)8(10)6-9;3-1(4,5)2(6,7)8/h2,7-8,10H,1,3-6H2;. The van der Waals surface area contributed by atoms with Crippen molar-refractivity contribution in [3.63, 3.8) is 0 Å². The summed E-state index contributed by atoms with van der Waals surface area (Å²) < 4.78 is 62.6. The lowest BCUT2D eigenvalue weighted by atomic mass is 9.84. The summed E-state index contributed by atoms with van der Waals surface area (Å²) in [6.07, 6.45) is -5.44. The highest BCUT2D eigenvalue weighted by Gasteiger charge is 2.58. The van der Waals surface area contributed by atoms with E-state index in [2.05, 4.69) is 12.7 Å². The molecule has 2 bridgehead atoms. The number of aliphatic hydroxyl groups excluding tert-OH is 1. The van der Waals surface area contributed by atoms with Crippen molar-refractivity contribution in [2.75, 3.05) is 0 Å². The predicted molar refractivity (Wildman–Crippen MR) is 52.7 cm³/mol. The van der Waals surface area contributed by atoms with Gasteiger partial charge in [0.1, 0.15) is 0 Å². The van der Waals surface area contributed by atoms with Crippen LogP contribution in [0.4, 0.5) is 26.3 Å². The van der Waals surface area contributed by atoms with E-state index in [4.69, 9.17) is 0 Å². The molecule has 2 rings (SSSR count).